The molecule has 1 aliphatic heterocycles. The van der Waals surface area contributed by atoms with Gasteiger partial charge in [0.25, 0.3) is 5.91 Å². The second-order valence-corrected chi connectivity index (χ2v) is 6.50. The zero-order valence-corrected chi connectivity index (χ0v) is 13.5. The third kappa shape index (κ3) is 4.07. The van der Waals surface area contributed by atoms with E-state index in [0.29, 0.717) is 12.1 Å². The van der Waals surface area contributed by atoms with Crippen molar-refractivity contribution in [2.75, 3.05) is 18.4 Å². The Kier molecular flexibility index (Phi) is 5.19. The SMILES string of the molecule is CC(C)NC(=O)c1ccc(NC(=O)C2(C)CCCNC2)cc1. The summed E-state index contributed by atoms with van der Waals surface area (Å²) < 4.78 is 0. The Labute approximate surface area is 131 Å². The quantitative estimate of drug-likeness (QED) is 0.798. The zero-order chi connectivity index (χ0) is 16.2. The van der Waals surface area contributed by atoms with E-state index in [2.05, 4.69) is 16.0 Å². The third-order valence-electron chi connectivity index (χ3n) is 3.97. The van der Waals surface area contributed by atoms with Gasteiger partial charge in [-0.25, -0.2) is 0 Å². The number of hydrogen-bond acceptors (Lipinski definition) is 3. The zero-order valence-electron chi connectivity index (χ0n) is 13.5. The summed E-state index contributed by atoms with van der Waals surface area (Å²) in [5.41, 5.74) is 0.946. The second kappa shape index (κ2) is 6.92. The van der Waals surface area contributed by atoms with Gasteiger partial charge in [0.2, 0.25) is 5.91 Å². The molecule has 0 spiro atoms. The Morgan fingerprint density at radius 1 is 1.23 bits per heavy atom. The summed E-state index contributed by atoms with van der Waals surface area (Å²) in [5.74, 6) is -0.0737. The Bertz CT molecular complexity index is 531. The minimum absolute atomic E-state index is 0.0269. The van der Waals surface area contributed by atoms with E-state index in [4.69, 9.17) is 0 Å². The van der Waals surface area contributed by atoms with Gasteiger partial charge in [-0.1, -0.05) is 0 Å². The topological polar surface area (TPSA) is 70.2 Å². The lowest BCUT2D eigenvalue weighted by atomic mass is 9.82. The van der Waals surface area contributed by atoms with Crippen molar-refractivity contribution in [1.82, 2.24) is 10.6 Å². The number of amides is 2. The molecule has 1 heterocycles. The summed E-state index contributed by atoms with van der Waals surface area (Å²) in [5, 5.41) is 9.06. The summed E-state index contributed by atoms with van der Waals surface area (Å²) in [7, 11) is 0. The van der Waals surface area contributed by atoms with Gasteiger partial charge in [-0.15, -0.1) is 0 Å². The van der Waals surface area contributed by atoms with E-state index in [0.717, 1.165) is 25.1 Å². The Morgan fingerprint density at radius 2 is 1.91 bits per heavy atom. The molecule has 5 heteroatoms. The van der Waals surface area contributed by atoms with E-state index < -0.39 is 0 Å². The van der Waals surface area contributed by atoms with Crippen molar-refractivity contribution in [2.45, 2.75) is 39.7 Å². The number of benzene rings is 1. The Balaban J connectivity index is 1.99. The van der Waals surface area contributed by atoms with Gasteiger partial charge >= 0.3 is 0 Å². The fourth-order valence-corrected chi connectivity index (χ4v) is 2.58. The number of hydrogen-bond donors (Lipinski definition) is 3. The van der Waals surface area contributed by atoms with Crippen LogP contribution < -0.4 is 16.0 Å². The van der Waals surface area contributed by atoms with Crippen molar-refractivity contribution >= 4 is 17.5 Å². The smallest absolute Gasteiger partial charge is 0.251 e. The summed E-state index contributed by atoms with van der Waals surface area (Å²) in [6, 6.07) is 7.11. The van der Waals surface area contributed by atoms with Gasteiger partial charge in [-0.2, -0.15) is 0 Å². The van der Waals surface area contributed by atoms with Gasteiger partial charge in [0.1, 0.15) is 0 Å². The lowest BCUT2D eigenvalue weighted by Crippen LogP contribution is -2.46. The van der Waals surface area contributed by atoms with Gasteiger partial charge in [0, 0.05) is 23.8 Å². The molecule has 1 saturated heterocycles. The van der Waals surface area contributed by atoms with Crippen LogP contribution in [0.3, 0.4) is 0 Å². The van der Waals surface area contributed by atoms with Crippen molar-refractivity contribution in [1.29, 1.82) is 0 Å². The maximum atomic E-state index is 12.4. The van der Waals surface area contributed by atoms with Gasteiger partial charge in [-0.05, 0) is 64.4 Å². The number of nitrogens with one attached hydrogen (secondary N) is 3. The fourth-order valence-electron chi connectivity index (χ4n) is 2.58. The number of piperidine rings is 1. The number of carbonyl (C=O) groups excluding carboxylic acids is 2. The van der Waals surface area contributed by atoms with Gasteiger partial charge in [0.05, 0.1) is 5.41 Å². The standard InChI is InChI=1S/C17H25N3O2/c1-12(2)19-15(21)13-5-7-14(8-6-13)20-16(22)17(3)9-4-10-18-11-17/h5-8,12,18H,4,9-11H2,1-3H3,(H,19,21)(H,20,22). The number of rotatable bonds is 4. The molecular formula is C17H25N3O2. The lowest BCUT2D eigenvalue weighted by Gasteiger charge is -2.32. The molecule has 22 heavy (non-hydrogen) atoms. The largest absolute Gasteiger partial charge is 0.350 e. The van der Waals surface area contributed by atoms with Gasteiger partial charge in [-0.3, -0.25) is 9.59 Å². The van der Waals surface area contributed by atoms with Crippen LogP contribution in [-0.2, 0) is 4.79 Å². The van der Waals surface area contributed by atoms with E-state index >= 15 is 0 Å². The minimum atomic E-state index is -0.369. The summed E-state index contributed by atoms with van der Waals surface area (Å²) in [4.78, 5) is 24.3. The van der Waals surface area contributed by atoms with E-state index in [9.17, 15) is 9.59 Å². The summed E-state index contributed by atoms with van der Waals surface area (Å²) in [6.07, 6.45) is 1.90. The van der Waals surface area contributed by atoms with Crippen LogP contribution in [0.25, 0.3) is 0 Å². The summed E-state index contributed by atoms with van der Waals surface area (Å²) >= 11 is 0. The molecule has 0 bridgehead atoms. The van der Waals surface area contributed by atoms with Crippen molar-refractivity contribution in [3.05, 3.63) is 29.8 Å². The molecule has 1 aromatic rings. The van der Waals surface area contributed by atoms with E-state index in [1.807, 2.05) is 20.8 Å². The molecular weight excluding hydrogens is 278 g/mol. The van der Waals surface area contributed by atoms with Crippen molar-refractivity contribution in [3.63, 3.8) is 0 Å². The minimum Gasteiger partial charge on any atom is -0.350 e. The van der Waals surface area contributed by atoms with E-state index in [1.54, 1.807) is 24.3 Å². The monoisotopic (exact) mass is 303 g/mol. The Morgan fingerprint density at radius 3 is 2.45 bits per heavy atom. The average Bonchev–Trinajstić information content (AvgIpc) is 2.48. The molecule has 2 rings (SSSR count). The highest BCUT2D eigenvalue weighted by Crippen LogP contribution is 2.27. The highest BCUT2D eigenvalue weighted by atomic mass is 16.2. The molecule has 1 fully saturated rings. The molecule has 1 aromatic carbocycles. The highest BCUT2D eigenvalue weighted by Gasteiger charge is 2.34. The molecule has 120 valence electrons. The molecule has 1 aliphatic rings. The van der Waals surface area contributed by atoms with Crippen LogP contribution >= 0.6 is 0 Å². The predicted molar refractivity (Wildman–Crippen MR) is 87.9 cm³/mol. The first-order valence-electron chi connectivity index (χ1n) is 7.84. The fraction of sp³-hybridized carbons (Fsp3) is 0.529. The molecule has 5 nitrogen and oxygen atoms in total. The first-order valence-corrected chi connectivity index (χ1v) is 7.84. The van der Waals surface area contributed by atoms with Crippen molar-refractivity contribution in [2.24, 2.45) is 5.41 Å². The molecule has 1 unspecified atom stereocenters. The van der Waals surface area contributed by atoms with E-state index in [-0.39, 0.29) is 23.3 Å². The van der Waals surface area contributed by atoms with E-state index in [1.165, 1.54) is 0 Å². The first-order chi connectivity index (χ1) is 10.4. The summed E-state index contributed by atoms with van der Waals surface area (Å²) in [6.45, 7) is 7.51. The van der Waals surface area contributed by atoms with Crippen LogP contribution in [0.5, 0.6) is 0 Å². The van der Waals surface area contributed by atoms with Crippen LogP contribution in [0, 0.1) is 5.41 Å². The van der Waals surface area contributed by atoms with Crippen molar-refractivity contribution in [3.8, 4) is 0 Å². The maximum Gasteiger partial charge on any atom is 0.251 e. The predicted octanol–water partition coefficient (Wildman–Crippen LogP) is 2.15. The lowest BCUT2D eigenvalue weighted by molar-refractivity contribution is -0.125. The van der Waals surface area contributed by atoms with Crippen LogP contribution in [0.15, 0.2) is 24.3 Å². The molecule has 0 aromatic heterocycles. The van der Waals surface area contributed by atoms with Gasteiger partial charge < -0.3 is 16.0 Å². The van der Waals surface area contributed by atoms with Gasteiger partial charge in [0.15, 0.2) is 0 Å². The molecule has 0 saturated carbocycles. The molecule has 3 N–H and O–H groups in total. The molecule has 0 radical (unpaired) electrons. The van der Waals surface area contributed by atoms with Crippen LogP contribution in [0.4, 0.5) is 5.69 Å². The molecule has 1 atom stereocenters. The second-order valence-electron chi connectivity index (χ2n) is 6.50. The number of anilines is 1. The molecule has 2 amide bonds. The van der Waals surface area contributed by atoms with Crippen LogP contribution in [0.1, 0.15) is 44.0 Å². The first kappa shape index (κ1) is 16.5. The average molecular weight is 303 g/mol. The van der Waals surface area contributed by atoms with Crippen LogP contribution in [-0.4, -0.2) is 30.9 Å². The van der Waals surface area contributed by atoms with Crippen molar-refractivity contribution < 1.29 is 9.59 Å². The Hall–Kier alpha value is -1.88. The maximum absolute atomic E-state index is 12.4. The third-order valence-corrected chi connectivity index (χ3v) is 3.97. The highest BCUT2D eigenvalue weighted by molar-refractivity contribution is 5.97. The van der Waals surface area contributed by atoms with Crippen LogP contribution in [0.2, 0.25) is 0 Å². The number of carbonyl (C=O) groups is 2. The molecule has 0 aliphatic carbocycles. The normalized spacial score (nSPS) is 21.5.